The third-order valence-corrected chi connectivity index (χ3v) is 5.78. The molecule has 30 heavy (non-hydrogen) atoms. The number of Topliss-reactive ketones (excluding diaryl/α,β-unsaturated/α-hetero) is 1. The van der Waals surface area contributed by atoms with Gasteiger partial charge in [0.25, 0.3) is 5.91 Å². The predicted molar refractivity (Wildman–Crippen MR) is 114 cm³/mol. The minimum absolute atomic E-state index is 0.0604. The standard InChI is InChI=1S/C24H25FN2O3/c1-15(2)22(28)20-21(16-5-7-17(25)8-6-16)27(24(30)23(20)29)19-11-9-18(10-12-19)26-13-3-4-14-26/h5-12,15,21,29H,3-4,13-14H2,1-2H3. The number of benzene rings is 2. The Hall–Kier alpha value is -3.15. The lowest BCUT2D eigenvalue weighted by atomic mass is 9.91. The summed E-state index contributed by atoms with van der Waals surface area (Å²) in [5.74, 6) is -2.26. The van der Waals surface area contributed by atoms with E-state index in [0.29, 0.717) is 11.3 Å². The molecule has 2 aromatic rings. The van der Waals surface area contributed by atoms with Crippen molar-refractivity contribution in [3.05, 3.63) is 71.2 Å². The fourth-order valence-electron chi connectivity index (χ4n) is 4.19. The Morgan fingerprint density at radius 1 is 1.00 bits per heavy atom. The molecule has 1 unspecified atom stereocenters. The van der Waals surface area contributed by atoms with Crippen LogP contribution in [0.15, 0.2) is 59.9 Å². The Morgan fingerprint density at radius 2 is 1.57 bits per heavy atom. The zero-order chi connectivity index (χ0) is 21.4. The Labute approximate surface area is 175 Å². The van der Waals surface area contributed by atoms with Gasteiger partial charge in [0.1, 0.15) is 5.82 Å². The number of rotatable bonds is 5. The van der Waals surface area contributed by atoms with Crippen molar-refractivity contribution in [3.8, 4) is 0 Å². The number of hydrogen-bond donors (Lipinski definition) is 1. The lowest BCUT2D eigenvalue weighted by molar-refractivity contribution is -0.119. The minimum Gasteiger partial charge on any atom is -0.503 e. The number of carbonyl (C=O) groups excluding carboxylic acids is 2. The lowest BCUT2D eigenvalue weighted by Crippen LogP contribution is -2.31. The van der Waals surface area contributed by atoms with Gasteiger partial charge < -0.3 is 10.0 Å². The zero-order valence-electron chi connectivity index (χ0n) is 17.1. The lowest BCUT2D eigenvalue weighted by Gasteiger charge is -2.28. The van der Waals surface area contributed by atoms with Crippen LogP contribution in [0.25, 0.3) is 0 Å². The second kappa shape index (κ2) is 7.94. The normalized spacial score (nSPS) is 19.3. The van der Waals surface area contributed by atoms with Crippen molar-refractivity contribution in [1.29, 1.82) is 0 Å². The summed E-state index contributed by atoms with van der Waals surface area (Å²) in [5.41, 5.74) is 2.29. The number of halogens is 1. The van der Waals surface area contributed by atoms with E-state index >= 15 is 0 Å². The van der Waals surface area contributed by atoms with Crippen molar-refractivity contribution in [1.82, 2.24) is 0 Å². The Balaban J connectivity index is 1.76. The Kier molecular flexibility index (Phi) is 5.33. The molecule has 1 atom stereocenters. The molecule has 1 N–H and O–H groups in total. The third-order valence-electron chi connectivity index (χ3n) is 5.78. The van der Waals surface area contributed by atoms with Crippen molar-refractivity contribution < 1.29 is 19.1 Å². The van der Waals surface area contributed by atoms with Crippen LogP contribution in [0.5, 0.6) is 0 Å². The molecule has 0 saturated carbocycles. The summed E-state index contributed by atoms with van der Waals surface area (Å²) in [6.07, 6.45) is 2.33. The summed E-state index contributed by atoms with van der Waals surface area (Å²) in [5, 5.41) is 10.6. The first-order valence-corrected chi connectivity index (χ1v) is 10.3. The van der Waals surface area contributed by atoms with Crippen molar-refractivity contribution in [2.45, 2.75) is 32.7 Å². The topological polar surface area (TPSA) is 60.9 Å². The second-order valence-electron chi connectivity index (χ2n) is 8.12. The van der Waals surface area contributed by atoms with Crippen LogP contribution in [-0.2, 0) is 9.59 Å². The highest BCUT2D eigenvalue weighted by molar-refractivity contribution is 6.16. The zero-order valence-corrected chi connectivity index (χ0v) is 17.1. The molecule has 2 aliphatic rings. The summed E-state index contributed by atoms with van der Waals surface area (Å²) >= 11 is 0. The molecule has 0 aliphatic carbocycles. The molecule has 156 valence electrons. The number of aliphatic hydroxyl groups is 1. The number of aliphatic hydroxyl groups excluding tert-OH is 1. The van der Waals surface area contributed by atoms with Gasteiger partial charge in [0.15, 0.2) is 11.5 Å². The number of ketones is 1. The SMILES string of the molecule is CC(C)C(=O)C1=C(O)C(=O)N(c2ccc(N3CCCC3)cc2)C1c1ccc(F)cc1. The summed E-state index contributed by atoms with van der Waals surface area (Å²) in [6.45, 7) is 5.47. The van der Waals surface area contributed by atoms with Crippen molar-refractivity contribution in [2.24, 2.45) is 5.92 Å². The molecule has 4 rings (SSSR count). The highest BCUT2D eigenvalue weighted by Gasteiger charge is 2.44. The molecule has 2 aliphatic heterocycles. The number of hydrogen-bond acceptors (Lipinski definition) is 4. The van der Waals surface area contributed by atoms with Gasteiger partial charge in [-0.15, -0.1) is 0 Å². The van der Waals surface area contributed by atoms with Gasteiger partial charge in [0.05, 0.1) is 11.6 Å². The molecule has 1 saturated heterocycles. The van der Waals surface area contributed by atoms with E-state index in [9.17, 15) is 19.1 Å². The molecule has 2 aromatic carbocycles. The van der Waals surface area contributed by atoms with Crippen molar-refractivity contribution in [3.63, 3.8) is 0 Å². The van der Waals surface area contributed by atoms with Gasteiger partial charge in [0.2, 0.25) is 0 Å². The number of anilines is 2. The largest absolute Gasteiger partial charge is 0.503 e. The maximum absolute atomic E-state index is 13.5. The van der Waals surface area contributed by atoms with E-state index in [1.54, 1.807) is 26.0 Å². The van der Waals surface area contributed by atoms with Crippen LogP contribution >= 0.6 is 0 Å². The first-order chi connectivity index (χ1) is 14.4. The van der Waals surface area contributed by atoms with Gasteiger partial charge >= 0.3 is 0 Å². The average Bonchev–Trinajstić information content (AvgIpc) is 3.36. The van der Waals surface area contributed by atoms with Crippen molar-refractivity contribution in [2.75, 3.05) is 22.9 Å². The van der Waals surface area contributed by atoms with Gasteiger partial charge in [0, 0.05) is 30.4 Å². The molecular weight excluding hydrogens is 383 g/mol. The quantitative estimate of drug-likeness (QED) is 0.788. The minimum atomic E-state index is -0.800. The first-order valence-electron chi connectivity index (χ1n) is 10.3. The van der Waals surface area contributed by atoms with E-state index < -0.39 is 29.4 Å². The van der Waals surface area contributed by atoms with E-state index in [0.717, 1.165) is 31.6 Å². The fourth-order valence-corrected chi connectivity index (χ4v) is 4.19. The van der Waals surface area contributed by atoms with Gasteiger partial charge in [-0.1, -0.05) is 26.0 Å². The molecule has 0 aromatic heterocycles. The number of amides is 1. The van der Waals surface area contributed by atoms with Crippen LogP contribution in [0, 0.1) is 11.7 Å². The van der Waals surface area contributed by atoms with Crippen LogP contribution in [0.3, 0.4) is 0 Å². The fraction of sp³-hybridized carbons (Fsp3) is 0.333. The summed E-state index contributed by atoms with van der Waals surface area (Å²) in [6, 6.07) is 12.4. The van der Waals surface area contributed by atoms with E-state index in [4.69, 9.17) is 0 Å². The number of nitrogens with zero attached hydrogens (tertiary/aromatic N) is 2. The molecule has 5 nitrogen and oxygen atoms in total. The van der Waals surface area contributed by atoms with E-state index in [1.165, 1.54) is 17.0 Å². The Morgan fingerprint density at radius 3 is 2.13 bits per heavy atom. The smallest absolute Gasteiger partial charge is 0.294 e. The monoisotopic (exact) mass is 408 g/mol. The molecule has 2 heterocycles. The maximum atomic E-state index is 13.5. The number of carbonyl (C=O) groups is 2. The average molecular weight is 408 g/mol. The summed E-state index contributed by atoms with van der Waals surface area (Å²) in [4.78, 5) is 29.6. The Bertz CT molecular complexity index is 990. The molecule has 0 bridgehead atoms. The molecular formula is C24H25FN2O3. The molecule has 6 heteroatoms. The van der Waals surface area contributed by atoms with Crippen molar-refractivity contribution >= 4 is 23.1 Å². The first kappa shape index (κ1) is 20.1. The van der Waals surface area contributed by atoms with E-state index in [-0.39, 0.29) is 11.4 Å². The predicted octanol–water partition coefficient (Wildman–Crippen LogP) is 4.55. The van der Waals surface area contributed by atoms with Gasteiger partial charge in [-0.3, -0.25) is 14.5 Å². The summed E-state index contributed by atoms with van der Waals surface area (Å²) < 4.78 is 13.5. The summed E-state index contributed by atoms with van der Waals surface area (Å²) in [7, 11) is 0. The maximum Gasteiger partial charge on any atom is 0.294 e. The molecule has 1 fully saturated rings. The molecule has 1 amide bonds. The highest BCUT2D eigenvalue weighted by atomic mass is 19.1. The third kappa shape index (κ3) is 3.47. The van der Waals surface area contributed by atoms with Gasteiger partial charge in [-0.05, 0) is 54.8 Å². The van der Waals surface area contributed by atoms with Crippen LogP contribution < -0.4 is 9.80 Å². The van der Waals surface area contributed by atoms with Crippen LogP contribution in [0.1, 0.15) is 38.3 Å². The van der Waals surface area contributed by atoms with Gasteiger partial charge in [-0.25, -0.2) is 4.39 Å². The van der Waals surface area contributed by atoms with E-state index in [2.05, 4.69) is 4.90 Å². The molecule has 0 spiro atoms. The van der Waals surface area contributed by atoms with Crippen LogP contribution in [0.2, 0.25) is 0 Å². The van der Waals surface area contributed by atoms with Gasteiger partial charge in [-0.2, -0.15) is 0 Å². The van der Waals surface area contributed by atoms with Crippen LogP contribution in [0.4, 0.5) is 15.8 Å². The van der Waals surface area contributed by atoms with Crippen LogP contribution in [-0.4, -0.2) is 29.9 Å². The van der Waals surface area contributed by atoms with E-state index in [1.807, 2.05) is 24.3 Å². The highest BCUT2D eigenvalue weighted by Crippen LogP contribution is 2.42. The molecule has 0 radical (unpaired) electrons. The second-order valence-corrected chi connectivity index (χ2v) is 8.12.